The molecule has 0 aromatic carbocycles. The van der Waals surface area contributed by atoms with Gasteiger partial charge in [0, 0.05) is 45.2 Å². The summed E-state index contributed by atoms with van der Waals surface area (Å²) < 4.78 is 10.9. The Hall–Kier alpha value is -2.25. The summed E-state index contributed by atoms with van der Waals surface area (Å²) in [4.78, 5) is 18.3. The van der Waals surface area contributed by atoms with Gasteiger partial charge in [-0.25, -0.2) is 4.79 Å². The van der Waals surface area contributed by atoms with Gasteiger partial charge >= 0.3 is 6.09 Å². The number of amides is 1. The number of ether oxygens (including phenoxy) is 1. The van der Waals surface area contributed by atoms with Crippen LogP contribution in [0.2, 0.25) is 0 Å². The van der Waals surface area contributed by atoms with Crippen molar-refractivity contribution >= 4 is 12.1 Å². The van der Waals surface area contributed by atoms with Gasteiger partial charge in [0.2, 0.25) is 0 Å². The van der Waals surface area contributed by atoms with Crippen molar-refractivity contribution in [2.24, 2.45) is 10.9 Å². The number of piperidine rings is 1. The molecule has 0 atom stereocenters. The van der Waals surface area contributed by atoms with Gasteiger partial charge in [-0.3, -0.25) is 4.99 Å². The first kappa shape index (κ1) is 23.0. The third-order valence-electron chi connectivity index (χ3n) is 5.09. The maximum absolute atomic E-state index is 12.2. The van der Waals surface area contributed by atoms with Gasteiger partial charge in [-0.1, -0.05) is 19.0 Å². The third kappa shape index (κ3) is 6.94. The Morgan fingerprint density at radius 3 is 2.48 bits per heavy atom. The fourth-order valence-electron chi connectivity index (χ4n) is 3.42. The SMILES string of the molecule is CCc1noc(CC)c1CNC(=NC)NCC1CCN(C(=O)OC(C)(C)C)CC1. The minimum atomic E-state index is -0.451. The molecule has 0 saturated carbocycles. The number of aromatic nitrogens is 1. The van der Waals surface area contributed by atoms with E-state index in [-0.39, 0.29) is 6.09 Å². The van der Waals surface area contributed by atoms with Crippen LogP contribution in [0, 0.1) is 5.92 Å². The van der Waals surface area contributed by atoms with Crippen LogP contribution in [0.25, 0.3) is 0 Å². The zero-order chi connectivity index (χ0) is 21.4. The van der Waals surface area contributed by atoms with Crippen molar-refractivity contribution < 1.29 is 14.1 Å². The molecule has 0 bridgehead atoms. The molecule has 8 nitrogen and oxygen atoms in total. The van der Waals surface area contributed by atoms with Crippen LogP contribution in [0.1, 0.15) is 64.5 Å². The first-order valence-electron chi connectivity index (χ1n) is 10.7. The van der Waals surface area contributed by atoms with E-state index in [1.165, 1.54) is 0 Å². The Bertz CT molecular complexity index is 663. The predicted molar refractivity (Wildman–Crippen MR) is 114 cm³/mol. The first-order valence-corrected chi connectivity index (χ1v) is 10.7. The van der Waals surface area contributed by atoms with Crippen molar-refractivity contribution in [3.63, 3.8) is 0 Å². The third-order valence-corrected chi connectivity index (χ3v) is 5.09. The second-order valence-corrected chi connectivity index (χ2v) is 8.46. The quantitative estimate of drug-likeness (QED) is 0.556. The van der Waals surface area contributed by atoms with Crippen molar-refractivity contribution in [1.29, 1.82) is 0 Å². The molecular weight excluding hydrogens is 370 g/mol. The average molecular weight is 408 g/mol. The van der Waals surface area contributed by atoms with E-state index in [1.54, 1.807) is 11.9 Å². The smallest absolute Gasteiger partial charge is 0.410 e. The molecule has 1 aromatic rings. The van der Waals surface area contributed by atoms with Gasteiger partial charge < -0.3 is 24.8 Å². The lowest BCUT2D eigenvalue weighted by atomic mass is 9.97. The number of aryl methyl sites for hydroxylation is 2. The molecule has 164 valence electrons. The van der Waals surface area contributed by atoms with Gasteiger partial charge in [0.05, 0.1) is 5.69 Å². The van der Waals surface area contributed by atoms with Crippen molar-refractivity contribution in [2.45, 2.75) is 72.4 Å². The average Bonchev–Trinajstić information content (AvgIpc) is 3.09. The summed E-state index contributed by atoms with van der Waals surface area (Å²) in [5.41, 5.74) is 1.68. The lowest BCUT2D eigenvalue weighted by molar-refractivity contribution is 0.0185. The summed E-state index contributed by atoms with van der Waals surface area (Å²) in [6, 6.07) is 0. The highest BCUT2D eigenvalue weighted by atomic mass is 16.6. The molecule has 2 rings (SSSR count). The fraction of sp³-hybridized carbons (Fsp3) is 0.762. The van der Waals surface area contributed by atoms with E-state index in [0.717, 1.165) is 68.3 Å². The van der Waals surface area contributed by atoms with E-state index in [9.17, 15) is 4.79 Å². The van der Waals surface area contributed by atoms with E-state index >= 15 is 0 Å². The number of aliphatic imine (C=N–C) groups is 1. The number of carbonyl (C=O) groups is 1. The van der Waals surface area contributed by atoms with Gasteiger partial charge in [-0.15, -0.1) is 0 Å². The fourth-order valence-corrected chi connectivity index (χ4v) is 3.42. The van der Waals surface area contributed by atoms with Gasteiger partial charge in [-0.05, 0) is 46.0 Å². The Labute approximate surface area is 174 Å². The maximum Gasteiger partial charge on any atom is 0.410 e. The molecule has 0 unspecified atom stereocenters. The Balaban J connectivity index is 1.77. The topological polar surface area (TPSA) is 92.0 Å². The molecule has 1 fully saturated rings. The number of rotatable bonds is 6. The normalized spacial score (nSPS) is 16.1. The van der Waals surface area contributed by atoms with Crippen LogP contribution >= 0.6 is 0 Å². The molecule has 8 heteroatoms. The van der Waals surface area contributed by atoms with Gasteiger partial charge in [-0.2, -0.15) is 0 Å². The molecule has 1 saturated heterocycles. The lowest BCUT2D eigenvalue weighted by Crippen LogP contribution is -2.45. The van der Waals surface area contributed by atoms with Crippen LogP contribution in [-0.4, -0.2) is 54.4 Å². The Morgan fingerprint density at radius 2 is 1.93 bits per heavy atom. The van der Waals surface area contributed by atoms with Crippen molar-refractivity contribution in [1.82, 2.24) is 20.7 Å². The molecule has 1 aliphatic heterocycles. The summed E-state index contributed by atoms with van der Waals surface area (Å²) >= 11 is 0. The minimum absolute atomic E-state index is 0.214. The standard InChI is InChI=1S/C21H37N5O3/c1-7-17-16(18(8-2)29-25-17)14-24-19(22-6)23-13-15-9-11-26(12-10-15)20(27)28-21(3,4)5/h15H,7-14H2,1-6H3,(H2,22,23,24). The molecule has 0 radical (unpaired) electrons. The summed E-state index contributed by atoms with van der Waals surface area (Å²) in [6.45, 7) is 12.8. The van der Waals surface area contributed by atoms with Crippen molar-refractivity contribution in [3.05, 3.63) is 17.0 Å². The second-order valence-electron chi connectivity index (χ2n) is 8.46. The van der Waals surface area contributed by atoms with Crippen molar-refractivity contribution in [2.75, 3.05) is 26.7 Å². The largest absolute Gasteiger partial charge is 0.444 e. The van der Waals surface area contributed by atoms with E-state index < -0.39 is 5.60 Å². The highest BCUT2D eigenvalue weighted by Crippen LogP contribution is 2.19. The molecule has 1 aromatic heterocycles. The predicted octanol–water partition coefficient (Wildman–Crippen LogP) is 3.11. The van der Waals surface area contributed by atoms with Crippen LogP contribution in [0.4, 0.5) is 4.79 Å². The van der Waals surface area contributed by atoms with Crippen LogP contribution in [0.5, 0.6) is 0 Å². The zero-order valence-electron chi connectivity index (χ0n) is 18.8. The molecule has 1 aliphatic rings. The molecule has 2 heterocycles. The number of likely N-dealkylation sites (tertiary alicyclic amines) is 1. The van der Waals surface area contributed by atoms with E-state index in [0.29, 0.717) is 12.5 Å². The molecule has 0 aliphatic carbocycles. The number of guanidine groups is 1. The summed E-state index contributed by atoms with van der Waals surface area (Å²) in [7, 11) is 1.77. The number of hydrogen-bond acceptors (Lipinski definition) is 5. The zero-order valence-corrected chi connectivity index (χ0v) is 18.8. The summed E-state index contributed by atoms with van der Waals surface area (Å²) in [5, 5.41) is 10.9. The number of nitrogens with zero attached hydrogens (tertiary/aromatic N) is 3. The Kier molecular flexibility index (Phi) is 8.34. The summed E-state index contributed by atoms with van der Waals surface area (Å²) in [5.74, 6) is 2.20. The molecule has 2 N–H and O–H groups in total. The number of carbonyl (C=O) groups excluding carboxylic acids is 1. The van der Waals surface area contributed by atoms with Crippen molar-refractivity contribution in [3.8, 4) is 0 Å². The van der Waals surface area contributed by atoms with Crippen LogP contribution in [0.15, 0.2) is 9.52 Å². The highest BCUT2D eigenvalue weighted by Gasteiger charge is 2.26. The summed E-state index contributed by atoms with van der Waals surface area (Å²) in [6.07, 6.45) is 3.37. The van der Waals surface area contributed by atoms with Crippen LogP contribution in [0.3, 0.4) is 0 Å². The maximum atomic E-state index is 12.2. The molecule has 29 heavy (non-hydrogen) atoms. The monoisotopic (exact) mass is 407 g/mol. The molecular formula is C21H37N5O3. The molecule has 1 amide bonds. The van der Waals surface area contributed by atoms with Crippen LogP contribution in [-0.2, 0) is 24.1 Å². The number of nitrogens with one attached hydrogen (secondary N) is 2. The van der Waals surface area contributed by atoms with Gasteiger partial charge in [0.15, 0.2) is 5.96 Å². The van der Waals surface area contributed by atoms with Gasteiger partial charge in [0.1, 0.15) is 11.4 Å². The Morgan fingerprint density at radius 1 is 1.24 bits per heavy atom. The van der Waals surface area contributed by atoms with E-state index in [4.69, 9.17) is 9.26 Å². The van der Waals surface area contributed by atoms with E-state index in [2.05, 4.69) is 34.6 Å². The lowest BCUT2D eigenvalue weighted by Gasteiger charge is -2.33. The second kappa shape index (κ2) is 10.5. The highest BCUT2D eigenvalue weighted by molar-refractivity contribution is 5.79. The molecule has 0 spiro atoms. The van der Waals surface area contributed by atoms with Gasteiger partial charge in [0.25, 0.3) is 0 Å². The minimum Gasteiger partial charge on any atom is -0.444 e. The first-order chi connectivity index (χ1) is 13.8. The van der Waals surface area contributed by atoms with Crippen LogP contribution < -0.4 is 10.6 Å². The number of hydrogen-bond donors (Lipinski definition) is 2. The van der Waals surface area contributed by atoms with E-state index in [1.807, 2.05) is 20.8 Å².